The molecule has 23 heavy (non-hydrogen) atoms. The third-order valence-electron chi connectivity index (χ3n) is 4.59. The molecule has 4 rings (SSSR count). The molecule has 5 heteroatoms. The Balaban J connectivity index is 1.54. The van der Waals surface area contributed by atoms with Crippen molar-refractivity contribution >= 4 is 0 Å². The Morgan fingerprint density at radius 2 is 2.00 bits per heavy atom. The van der Waals surface area contributed by atoms with E-state index in [1.807, 2.05) is 13.0 Å². The van der Waals surface area contributed by atoms with Crippen LogP contribution in [0.4, 0.5) is 0 Å². The van der Waals surface area contributed by atoms with Gasteiger partial charge in [0.05, 0.1) is 6.04 Å². The molecule has 5 nitrogen and oxygen atoms in total. The Labute approximate surface area is 136 Å². The standard InChI is InChI=1S/C18H22N2O3/c1-13-10-15(19-23-13)16-4-2-3-7-20(16)12-14-5-6-17-18(11-14)22-9-8-21-17/h5-6,10-11,16H,2-4,7-9,12H2,1H3. The molecule has 2 aromatic rings. The first-order chi connectivity index (χ1) is 11.3. The van der Waals surface area contributed by atoms with E-state index >= 15 is 0 Å². The van der Waals surface area contributed by atoms with Crippen LogP contribution >= 0.6 is 0 Å². The molecule has 1 aromatic heterocycles. The summed E-state index contributed by atoms with van der Waals surface area (Å²) >= 11 is 0. The smallest absolute Gasteiger partial charge is 0.161 e. The number of nitrogens with zero attached hydrogens (tertiary/aromatic N) is 2. The molecule has 0 radical (unpaired) electrons. The van der Waals surface area contributed by atoms with Gasteiger partial charge in [-0.3, -0.25) is 4.90 Å². The molecule has 1 aromatic carbocycles. The minimum Gasteiger partial charge on any atom is -0.486 e. The van der Waals surface area contributed by atoms with Crippen molar-refractivity contribution in [2.75, 3.05) is 19.8 Å². The minimum atomic E-state index is 0.342. The number of fused-ring (bicyclic) bond motifs is 1. The van der Waals surface area contributed by atoms with Crippen LogP contribution in [-0.2, 0) is 6.54 Å². The van der Waals surface area contributed by atoms with Gasteiger partial charge in [0.15, 0.2) is 11.5 Å². The van der Waals surface area contributed by atoms with E-state index in [1.165, 1.54) is 18.4 Å². The average molecular weight is 314 g/mol. The maximum absolute atomic E-state index is 5.70. The van der Waals surface area contributed by atoms with Gasteiger partial charge >= 0.3 is 0 Å². The van der Waals surface area contributed by atoms with Crippen LogP contribution in [-0.4, -0.2) is 29.8 Å². The van der Waals surface area contributed by atoms with Crippen molar-refractivity contribution in [1.29, 1.82) is 0 Å². The molecule has 0 aliphatic carbocycles. The van der Waals surface area contributed by atoms with Crippen LogP contribution in [0.15, 0.2) is 28.8 Å². The predicted octanol–water partition coefficient (Wildman–Crippen LogP) is 3.48. The number of piperidine rings is 1. The Kier molecular flexibility index (Phi) is 3.95. The molecule has 2 aliphatic heterocycles. The van der Waals surface area contributed by atoms with Crippen molar-refractivity contribution in [3.63, 3.8) is 0 Å². The van der Waals surface area contributed by atoms with Crippen LogP contribution in [0.5, 0.6) is 11.5 Å². The van der Waals surface area contributed by atoms with Gasteiger partial charge < -0.3 is 14.0 Å². The number of rotatable bonds is 3. The van der Waals surface area contributed by atoms with E-state index in [0.717, 1.165) is 42.5 Å². The van der Waals surface area contributed by atoms with Gasteiger partial charge in [0.25, 0.3) is 0 Å². The molecule has 0 saturated carbocycles. The van der Waals surface area contributed by atoms with Crippen LogP contribution in [0.2, 0.25) is 0 Å². The van der Waals surface area contributed by atoms with E-state index in [4.69, 9.17) is 14.0 Å². The van der Waals surface area contributed by atoms with Crippen LogP contribution in [0.3, 0.4) is 0 Å². The highest BCUT2D eigenvalue weighted by atomic mass is 16.6. The summed E-state index contributed by atoms with van der Waals surface area (Å²) in [5, 5.41) is 4.24. The van der Waals surface area contributed by atoms with Crippen molar-refractivity contribution in [2.45, 2.75) is 38.8 Å². The second-order valence-electron chi connectivity index (χ2n) is 6.32. The lowest BCUT2D eigenvalue weighted by Gasteiger charge is -2.34. The molecular formula is C18H22N2O3. The van der Waals surface area contributed by atoms with Gasteiger partial charge in [-0.15, -0.1) is 0 Å². The molecule has 1 saturated heterocycles. The minimum absolute atomic E-state index is 0.342. The molecule has 2 aliphatic rings. The van der Waals surface area contributed by atoms with Crippen molar-refractivity contribution in [1.82, 2.24) is 10.1 Å². The van der Waals surface area contributed by atoms with Gasteiger partial charge in [0.2, 0.25) is 0 Å². The number of aryl methyl sites for hydroxylation is 1. The number of likely N-dealkylation sites (tertiary alicyclic amines) is 1. The third kappa shape index (κ3) is 3.06. The van der Waals surface area contributed by atoms with Crippen molar-refractivity contribution in [3.8, 4) is 11.5 Å². The predicted molar refractivity (Wildman–Crippen MR) is 85.7 cm³/mol. The summed E-state index contributed by atoms with van der Waals surface area (Å²) in [5.41, 5.74) is 2.31. The van der Waals surface area contributed by atoms with Crippen molar-refractivity contribution in [3.05, 3.63) is 41.3 Å². The summed E-state index contributed by atoms with van der Waals surface area (Å²) in [6.45, 7) is 5.19. The highest BCUT2D eigenvalue weighted by Crippen LogP contribution is 2.34. The van der Waals surface area contributed by atoms with Crippen LogP contribution in [0, 0.1) is 6.92 Å². The lowest BCUT2D eigenvalue weighted by molar-refractivity contribution is 0.133. The lowest BCUT2D eigenvalue weighted by atomic mass is 9.98. The monoisotopic (exact) mass is 314 g/mol. The zero-order valence-corrected chi connectivity index (χ0v) is 13.5. The average Bonchev–Trinajstić information content (AvgIpc) is 3.01. The zero-order valence-electron chi connectivity index (χ0n) is 13.5. The van der Waals surface area contributed by atoms with Gasteiger partial charge in [-0.25, -0.2) is 0 Å². The van der Waals surface area contributed by atoms with Gasteiger partial charge in [0, 0.05) is 12.6 Å². The molecular weight excluding hydrogens is 292 g/mol. The molecule has 1 fully saturated rings. The largest absolute Gasteiger partial charge is 0.486 e. The lowest BCUT2D eigenvalue weighted by Crippen LogP contribution is -2.33. The Morgan fingerprint density at radius 3 is 2.83 bits per heavy atom. The highest BCUT2D eigenvalue weighted by molar-refractivity contribution is 5.43. The van der Waals surface area contributed by atoms with Crippen molar-refractivity contribution in [2.24, 2.45) is 0 Å². The number of aromatic nitrogens is 1. The van der Waals surface area contributed by atoms with E-state index in [9.17, 15) is 0 Å². The maximum atomic E-state index is 5.70. The summed E-state index contributed by atoms with van der Waals surface area (Å²) in [7, 11) is 0. The normalized spacial score (nSPS) is 21.3. The van der Waals surface area contributed by atoms with Gasteiger partial charge in [0.1, 0.15) is 24.7 Å². The molecule has 0 bridgehead atoms. The molecule has 3 heterocycles. The number of hydrogen-bond donors (Lipinski definition) is 0. The van der Waals surface area contributed by atoms with Gasteiger partial charge in [-0.2, -0.15) is 0 Å². The fourth-order valence-corrected chi connectivity index (χ4v) is 3.48. The number of hydrogen-bond acceptors (Lipinski definition) is 5. The van der Waals surface area contributed by atoms with Gasteiger partial charge in [-0.1, -0.05) is 17.6 Å². The molecule has 1 atom stereocenters. The second kappa shape index (κ2) is 6.24. The van der Waals surface area contributed by atoms with Crippen LogP contribution in [0.1, 0.15) is 42.3 Å². The highest BCUT2D eigenvalue weighted by Gasteiger charge is 2.27. The molecule has 0 spiro atoms. The second-order valence-corrected chi connectivity index (χ2v) is 6.32. The maximum Gasteiger partial charge on any atom is 0.161 e. The van der Waals surface area contributed by atoms with E-state index in [2.05, 4.69) is 28.3 Å². The topological polar surface area (TPSA) is 47.7 Å². The van der Waals surface area contributed by atoms with Crippen LogP contribution < -0.4 is 9.47 Å². The first kappa shape index (κ1) is 14.6. The number of ether oxygens (including phenoxy) is 2. The molecule has 0 amide bonds. The number of benzene rings is 1. The summed E-state index contributed by atoms with van der Waals surface area (Å²) in [6, 6.07) is 8.66. The van der Waals surface area contributed by atoms with Gasteiger partial charge in [-0.05, 0) is 44.0 Å². The first-order valence-electron chi connectivity index (χ1n) is 8.35. The SMILES string of the molecule is Cc1cc(C2CCCCN2Cc2ccc3c(c2)OCCO3)no1. The molecule has 1 unspecified atom stereocenters. The van der Waals surface area contributed by atoms with E-state index in [1.54, 1.807) is 0 Å². The fraction of sp³-hybridized carbons (Fsp3) is 0.500. The molecule has 122 valence electrons. The van der Waals surface area contributed by atoms with Crippen LogP contribution in [0.25, 0.3) is 0 Å². The summed E-state index contributed by atoms with van der Waals surface area (Å²) in [6.07, 6.45) is 3.61. The molecule has 0 N–H and O–H groups in total. The third-order valence-corrected chi connectivity index (χ3v) is 4.59. The summed E-state index contributed by atoms with van der Waals surface area (Å²) in [4.78, 5) is 2.49. The Morgan fingerprint density at radius 1 is 1.13 bits per heavy atom. The van der Waals surface area contributed by atoms with E-state index < -0.39 is 0 Å². The zero-order chi connectivity index (χ0) is 15.6. The fourth-order valence-electron chi connectivity index (χ4n) is 3.48. The summed E-state index contributed by atoms with van der Waals surface area (Å²) in [5.74, 6) is 2.59. The summed E-state index contributed by atoms with van der Waals surface area (Å²) < 4.78 is 16.6. The van der Waals surface area contributed by atoms with E-state index in [-0.39, 0.29) is 0 Å². The first-order valence-corrected chi connectivity index (χ1v) is 8.35. The quantitative estimate of drug-likeness (QED) is 0.868. The Hall–Kier alpha value is -2.01. The Bertz CT molecular complexity index is 683. The van der Waals surface area contributed by atoms with Crippen molar-refractivity contribution < 1.29 is 14.0 Å². The van der Waals surface area contributed by atoms with E-state index in [0.29, 0.717) is 19.3 Å².